The number of nitrogens with one attached hydrogen (secondary N) is 1. The number of hydrogen-bond acceptors (Lipinski definition) is 6. The highest BCUT2D eigenvalue weighted by Crippen LogP contribution is 2.28. The standard InChI is InChI=1S/C22H25N3O3S/c1-14-6-11-18(27-5)17(12-14)23-19(26)13-29-21-25-24-20(28-21)15-7-9-16(10-8-15)22(2,3)4/h6-12H,13H2,1-5H3,(H,23,26). The summed E-state index contributed by atoms with van der Waals surface area (Å²) >= 11 is 1.20. The van der Waals surface area contributed by atoms with Crippen LogP contribution in [0.15, 0.2) is 52.1 Å². The first-order valence-electron chi connectivity index (χ1n) is 9.28. The largest absolute Gasteiger partial charge is 0.495 e. The molecule has 0 saturated heterocycles. The van der Waals surface area contributed by atoms with Gasteiger partial charge in [-0.1, -0.05) is 50.7 Å². The highest BCUT2D eigenvalue weighted by atomic mass is 32.2. The van der Waals surface area contributed by atoms with Crippen molar-refractivity contribution < 1.29 is 13.9 Å². The molecule has 0 atom stereocenters. The molecule has 6 nitrogen and oxygen atoms in total. The third kappa shape index (κ3) is 5.38. The lowest BCUT2D eigenvalue weighted by molar-refractivity contribution is -0.113. The number of aryl methyl sites for hydroxylation is 1. The van der Waals surface area contributed by atoms with Gasteiger partial charge in [-0.3, -0.25) is 4.79 Å². The SMILES string of the molecule is COc1ccc(C)cc1NC(=O)CSc1nnc(-c2ccc(C(C)(C)C)cc2)o1. The molecule has 2 aromatic carbocycles. The third-order valence-corrected chi connectivity index (χ3v) is 5.18. The van der Waals surface area contributed by atoms with Crippen LogP contribution >= 0.6 is 11.8 Å². The van der Waals surface area contributed by atoms with Crippen molar-refractivity contribution in [1.29, 1.82) is 0 Å². The van der Waals surface area contributed by atoms with Gasteiger partial charge in [0, 0.05) is 5.56 Å². The number of nitrogens with zero attached hydrogens (tertiary/aromatic N) is 2. The van der Waals surface area contributed by atoms with Gasteiger partial charge < -0.3 is 14.5 Å². The predicted octanol–water partition coefficient (Wildman–Crippen LogP) is 5.08. The van der Waals surface area contributed by atoms with Crippen LogP contribution in [0.4, 0.5) is 5.69 Å². The van der Waals surface area contributed by atoms with Gasteiger partial charge in [0.15, 0.2) is 0 Å². The van der Waals surface area contributed by atoms with E-state index in [9.17, 15) is 4.79 Å². The van der Waals surface area contributed by atoms with Crippen molar-refractivity contribution in [2.45, 2.75) is 38.3 Å². The zero-order chi connectivity index (χ0) is 21.0. The number of anilines is 1. The van der Waals surface area contributed by atoms with Crippen molar-refractivity contribution in [1.82, 2.24) is 10.2 Å². The van der Waals surface area contributed by atoms with Crippen molar-refractivity contribution in [3.8, 4) is 17.2 Å². The Balaban J connectivity index is 1.61. The van der Waals surface area contributed by atoms with Crippen LogP contribution in [-0.2, 0) is 10.2 Å². The van der Waals surface area contributed by atoms with E-state index in [0.29, 0.717) is 22.6 Å². The summed E-state index contributed by atoms with van der Waals surface area (Å²) in [4.78, 5) is 12.3. The molecule has 0 saturated carbocycles. The smallest absolute Gasteiger partial charge is 0.277 e. The molecule has 1 aromatic heterocycles. The molecule has 3 rings (SSSR count). The number of amides is 1. The normalized spacial score (nSPS) is 11.3. The first kappa shape index (κ1) is 20.9. The summed E-state index contributed by atoms with van der Waals surface area (Å²) in [6.07, 6.45) is 0. The van der Waals surface area contributed by atoms with Gasteiger partial charge in [-0.15, -0.1) is 10.2 Å². The average Bonchev–Trinajstić information content (AvgIpc) is 3.15. The number of ether oxygens (including phenoxy) is 1. The van der Waals surface area contributed by atoms with Crippen LogP contribution in [0.3, 0.4) is 0 Å². The van der Waals surface area contributed by atoms with Crippen LogP contribution in [0.25, 0.3) is 11.5 Å². The summed E-state index contributed by atoms with van der Waals surface area (Å²) in [5.74, 6) is 1.04. The molecule has 0 unspecified atom stereocenters. The Morgan fingerprint density at radius 2 is 1.86 bits per heavy atom. The summed E-state index contributed by atoms with van der Waals surface area (Å²) in [5, 5.41) is 11.3. The molecular formula is C22H25N3O3S. The molecule has 1 amide bonds. The van der Waals surface area contributed by atoms with Crippen molar-refractivity contribution in [3.63, 3.8) is 0 Å². The number of benzene rings is 2. The van der Waals surface area contributed by atoms with E-state index >= 15 is 0 Å². The number of hydrogen-bond donors (Lipinski definition) is 1. The van der Waals surface area contributed by atoms with E-state index in [2.05, 4.69) is 48.4 Å². The van der Waals surface area contributed by atoms with E-state index in [1.807, 2.05) is 37.3 Å². The first-order chi connectivity index (χ1) is 13.8. The maximum absolute atomic E-state index is 12.3. The molecule has 0 aliphatic carbocycles. The summed E-state index contributed by atoms with van der Waals surface area (Å²) < 4.78 is 11.0. The molecule has 29 heavy (non-hydrogen) atoms. The zero-order valence-electron chi connectivity index (χ0n) is 17.3. The first-order valence-corrected chi connectivity index (χ1v) is 10.3. The van der Waals surface area contributed by atoms with Crippen LogP contribution in [0.5, 0.6) is 5.75 Å². The Hall–Kier alpha value is -2.80. The Morgan fingerprint density at radius 3 is 2.52 bits per heavy atom. The van der Waals surface area contributed by atoms with Crippen LogP contribution in [0, 0.1) is 6.92 Å². The number of carbonyl (C=O) groups excluding carboxylic acids is 1. The molecule has 0 fully saturated rings. The summed E-state index contributed by atoms with van der Waals surface area (Å²) in [6, 6.07) is 13.7. The number of aromatic nitrogens is 2. The molecule has 0 spiro atoms. The van der Waals surface area contributed by atoms with Crippen LogP contribution < -0.4 is 10.1 Å². The van der Waals surface area contributed by atoms with E-state index in [4.69, 9.17) is 9.15 Å². The molecule has 152 valence electrons. The molecule has 0 radical (unpaired) electrons. The van der Waals surface area contributed by atoms with E-state index in [1.54, 1.807) is 7.11 Å². The maximum Gasteiger partial charge on any atom is 0.277 e. The zero-order valence-corrected chi connectivity index (χ0v) is 18.1. The molecule has 0 aliphatic rings. The topological polar surface area (TPSA) is 77.2 Å². The molecule has 3 aromatic rings. The van der Waals surface area contributed by atoms with Gasteiger partial charge in [-0.2, -0.15) is 0 Å². The lowest BCUT2D eigenvalue weighted by atomic mass is 9.87. The Kier molecular flexibility index (Phi) is 6.27. The van der Waals surface area contributed by atoms with Gasteiger partial charge in [0.05, 0.1) is 18.6 Å². The van der Waals surface area contributed by atoms with Crippen LogP contribution in [0.1, 0.15) is 31.9 Å². The number of rotatable bonds is 6. The molecule has 0 bridgehead atoms. The minimum atomic E-state index is -0.173. The van der Waals surface area contributed by atoms with Gasteiger partial charge in [-0.25, -0.2) is 0 Å². The van der Waals surface area contributed by atoms with Gasteiger partial charge in [0.2, 0.25) is 11.8 Å². The monoisotopic (exact) mass is 411 g/mol. The Labute approximate surface area is 175 Å². The van der Waals surface area contributed by atoms with Crippen LogP contribution in [-0.4, -0.2) is 29.0 Å². The van der Waals surface area contributed by atoms with E-state index in [1.165, 1.54) is 17.3 Å². The quantitative estimate of drug-likeness (QED) is 0.570. The van der Waals surface area contributed by atoms with Crippen molar-refractivity contribution in [2.75, 3.05) is 18.2 Å². The predicted molar refractivity (Wildman–Crippen MR) is 116 cm³/mol. The Morgan fingerprint density at radius 1 is 1.14 bits per heavy atom. The minimum absolute atomic E-state index is 0.0850. The molecule has 7 heteroatoms. The second-order valence-electron chi connectivity index (χ2n) is 7.74. The van der Waals surface area contributed by atoms with E-state index in [-0.39, 0.29) is 17.1 Å². The van der Waals surface area contributed by atoms with Crippen molar-refractivity contribution >= 4 is 23.4 Å². The third-order valence-electron chi connectivity index (χ3n) is 4.36. The fourth-order valence-electron chi connectivity index (χ4n) is 2.73. The van der Waals surface area contributed by atoms with Crippen molar-refractivity contribution in [3.05, 3.63) is 53.6 Å². The molecule has 1 N–H and O–H groups in total. The number of methoxy groups -OCH3 is 1. The highest BCUT2D eigenvalue weighted by Gasteiger charge is 2.16. The van der Waals surface area contributed by atoms with Gasteiger partial charge in [0.1, 0.15) is 5.75 Å². The maximum atomic E-state index is 12.3. The van der Waals surface area contributed by atoms with Crippen LogP contribution in [0.2, 0.25) is 0 Å². The Bertz CT molecular complexity index is 991. The van der Waals surface area contributed by atoms with Gasteiger partial charge in [-0.05, 0) is 47.7 Å². The van der Waals surface area contributed by atoms with Gasteiger partial charge >= 0.3 is 0 Å². The van der Waals surface area contributed by atoms with Gasteiger partial charge in [0.25, 0.3) is 5.22 Å². The highest BCUT2D eigenvalue weighted by molar-refractivity contribution is 7.99. The second-order valence-corrected chi connectivity index (χ2v) is 8.67. The average molecular weight is 412 g/mol. The summed E-state index contributed by atoms with van der Waals surface area (Å²) in [5.41, 5.74) is 3.85. The summed E-state index contributed by atoms with van der Waals surface area (Å²) in [6.45, 7) is 8.46. The second kappa shape index (κ2) is 8.69. The fraction of sp³-hybridized carbons (Fsp3) is 0.318. The van der Waals surface area contributed by atoms with E-state index in [0.717, 1.165) is 11.1 Å². The van der Waals surface area contributed by atoms with Crippen molar-refractivity contribution in [2.24, 2.45) is 0 Å². The lowest BCUT2D eigenvalue weighted by Gasteiger charge is -2.18. The fourth-order valence-corrected chi connectivity index (χ4v) is 3.29. The molecule has 1 heterocycles. The number of carbonyl (C=O) groups is 1. The molecule has 0 aliphatic heterocycles. The minimum Gasteiger partial charge on any atom is -0.495 e. The van der Waals surface area contributed by atoms with E-state index < -0.39 is 0 Å². The molecular weight excluding hydrogens is 386 g/mol. The lowest BCUT2D eigenvalue weighted by Crippen LogP contribution is -2.14. The number of thioether (sulfide) groups is 1. The summed E-state index contributed by atoms with van der Waals surface area (Å²) in [7, 11) is 1.57.